The van der Waals surface area contributed by atoms with Gasteiger partial charge in [0.2, 0.25) is 5.91 Å². The van der Waals surface area contributed by atoms with Gasteiger partial charge in [0, 0.05) is 5.39 Å². The molecule has 2 rings (SSSR count). The molecule has 0 unspecified atom stereocenters. The number of pyridine rings is 1. The summed E-state index contributed by atoms with van der Waals surface area (Å²) in [5, 5.41) is 1.92. The Hall–Kier alpha value is -1.75. The van der Waals surface area contributed by atoms with Gasteiger partial charge < -0.3 is 10.5 Å². The van der Waals surface area contributed by atoms with Gasteiger partial charge in [-0.25, -0.2) is 4.98 Å². The Kier molecular flexibility index (Phi) is 4.27. The topological polar surface area (TPSA) is 65.2 Å². The summed E-state index contributed by atoms with van der Waals surface area (Å²) in [7, 11) is 1.65. The number of ether oxygens (including phenoxy) is 1. The van der Waals surface area contributed by atoms with Crippen molar-refractivity contribution in [1.82, 2.24) is 4.98 Å². The summed E-state index contributed by atoms with van der Waals surface area (Å²) in [4.78, 5) is 15.5. The Balaban J connectivity index is 2.44. The zero-order valence-electron chi connectivity index (χ0n) is 11.0. The number of aromatic nitrogens is 1. The van der Waals surface area contributed by atoms with Crippen molar-refractivity contribution in [2.45, 2.75) is 18.4 Å². The second kappa shape index (κ2) is 5.93. The van der Waals surface area contributed by atoms with E-state index in [2.05, 4.69) is 18.0 Å². The molecule has 1 aromatic carbocycles. The first-order valence-electron chi connectivity index (χ1n) is 6.02. The molecular weight excluding hydrogens is 260 g/mol. The number of primary amides is 1. The molecule has 4 nitrogen and oxygen atoms in total. The highest BCUT2D eigenvalue weighted by atomic mass is 32.2. The smallest absolute Gasteiger partial charge is 0.227 e. The number of rotatable bonds is 5. The third-order valence-corrected chi connectivity index (χ3v) is 3.85. The van der Waals surface area contributed by atoms with Crippen molar-refractivity contribution in [1.29, 1.82) is 0 Å². The lowest BCUT2D eigenvalue weighted by Crippen LogP contribution is -2.13. The molecule has 100 valence electrons. The molecule has 0 aliphatic heterocycles. The normalized spacial score (nSPS) is 10.6. The number of hydrogen-bond donors (Lipinski definition) is 1. The first kappa shape index (κ1) is 13.7. The van der Waals surface area contributed by atoms with Crippen molar-refractivity contribution in [2.24, 2.45) is 5.73 Å². The maximum Gasteiger partial charge on any atom is 0.227 e. The lowest BCUT2D eigenvalue weighted by molar-refractivity contribution is -0.115. The van der Waals surface area contributed by atoms with Crippen LogP contribution < -0.4 is 10.5 Å². The van der Waals surface area contributed by atoms with Gasteiger partial charge in [0.25, 0.3) is 0 Å². The van der Waals surface area contributed by atoms with Crippen LogP contribution in [-0.4, -0.2) is 23.8 Å². The second-order valence-corrected chi connectivity index (χ2v) is 5.08. The molecular formula is C14H16N2O2S. The molecule has 0 aliphatic rings. The zero-order valence-corrected chi connectivity index (χ0v) is 11.8. The van der Waals surface area contributed by atoms with Crippen LogP contribution in [-0.2, 0) is 11.2 Å². The molecule has 0 fully saturated rings. The summed E-state index contributed by atoms with van der Waals surface area (Å²) in [5.41, 5.74) is 7.19. The summed E-state index contributed by atoms with van der Waals surface area (Å²) in [5.74, 6) is 0.736. The molecule has 2 N–H and O–H groups in total. The van der Waals surface area contributed by atoms with Crippen molar-refractivity contribution in [3.8, 4) is 5.75 Å². The largest absolute Gasteiger partial charge is 0.497 e. The minimum atomic E-state index is -0.330. The molecule has 0 radical (unpaired) electrons. The van der Waals surface area contributed by atoms with Crippen LogP contribution in [0.2, 0.25) is 0 Å². The van der Waals surface area contributed by atoms with Crippen LogP contribution in [0.5, 0.6) is 5.75 Å². The van der Waals surface area contributed by atoms with Crippen LogP contribution >= 0.6 is 11.8 Å². The second-order valence-electron chi connectivity index (χ2n) is 4.12. The maximum atomic E-state index is 10.9. The van der Waals surface area contributed by atoms with Gasteiger partial charge in [-0.1, -0.05) is 18.7 Å². The number of fused-ring (bicyclic) bond motifs is 1. The Bertz CT molecular complexity index is 614. The van der Waals surface area contributed by atoms with Gasteiger partial charge in [-0.05, 0) is 36.2 Å². The highest BCUT2D eigenvalue weighted by Gasteiger charge is 2.08. The van der Waals surface area contributed by atoms with Crippen LogP contribution in [0, 0.1) is 0 Å². The molecule has 0 saturated heterocycles. The standard InChI is InChI=1S/C14H16N2O2S/c1-3-9-6-10-7-11(18-2)4-5-12(10)16-14(9)19-8-13(15)17/h4-7H,3,8H2,1-2H3,(H2,15,17). The molecule has 0 saturated carbocycles. The molecule has 1 heterocycles. The number of methoxy groups -OCH3 is 1. The van der Waals surface area contributed by atoms with Gasteiger partial charge in [0.1, 0.15) is 10.8 Å². The summed E-state index contributed by atoms with van der Waals surface area (Å²) in [6.07, 6.45) is 0.862. The van der Waals surface area contributed by atoms with Gasteiger partial charge in [0.15, 0.2) is 0 Å². The van der Waals surface area contributed by atoms with E-state index in [1.165, 1.54) is 11.8 Å². The number of carbonyl (C=O) groups excluding carboxylic acids is 1. The lowest BCUT2D eigenvalue weighted by Gasteiger charge is -2.09. The van der Waals surface area contributed by atoms with Crippen molar-refractivity contribution >= 4 is 28.6 Å². The summed E-state index contributed by atoms with van der Waals surface area (Å²) < 4.78 is 5.21. The van der Waals surface area contributed by atoms with Crippen molar-refractivity contribution in [2.75, 3.05) is 12.9 Å². The van der Waals surface area contributed by atoms with Gasteiger partial charge in [0.05, 0.1) is 18.4 Å². The molecule has 0 atom stereocenters. The lowest BCUT2D eigenvalue weighted by atomic mass is 10.1. The van der Waals surface area contributed by atoms with E-state index in [4.69, 9.17) is 10.5 Å². The van der Waals surface area contributed by atoms with Gasteiger partial charge >= 0.3 is 0 Å². The number of nitrogens with zero attached hydrogens (tertiary/aromatic N) is 1. The predicted octanol–water partition coefficient (Wildman–Crippen LogP) is 2.38. The van der Waals surface area contributed by atoms with Crippen molar-refractivity contribution in [3.63, 3.8) is 0 Å². The Labute approximate surface area is 116 Å². The molecule has 19 heavy (non-hydrogen) atoms. The molecule has 0 aliphatic carbocycles. The summed E-state index contributed by atoms with van der Waals surface area (Å²) >= 11 is 1.39. The first-order valence-corrected chi connectivity index (χ1v) is 7.01. The van der Waals surface area contributed by atoms with E-state index in [9.17, 15) is 4.79 Å². The molecule has 0 bridgehead atoms. The third kappa shape index (κ3) is 3.17. The number of aryl methyl sites for hydroxylation is 1. The van der Waals surface area contributed by atoms with E-state index in [1.54, 1.807) is 7.11 Å². The van der Waals surface area contributed by atoms with Gasteiger partial charge in [-0.2, -0.15) is 0 Å². The molecule has 1 aromatic heterocycles. The Morgan fingerprint density at radius 2 is 2.21 bits per heavy atom. The average Bonchev–Trinajstić information content (AvgIpc) is 2.43. The van der Waals surface area contributed by atoms with E-state index < -0.39 is 0 Å². The van der Waals surface area contributed by atoms with E-state index in [1.807, 2.05) is 18.2 Å². The van der Waals surface area contributed by atoms with Crippen LogP contribution in [0.4, 0.5) is 0 Å². The highest BCUT2D eigenvalue weighted by molar-refractivity contribution is 7.99. The van der Waals surface area contributed by atoms with Gasteiger partial charge in [-0.15, -0.1) is 0 Å². The van der Waals surface area contributed by atoms with Crippen molar-refractivity contribution in [3.05, 3.63) is 29.8 Å². The minimum absolute atomic E-state index is 0.252. The monoisotopic (exact) mass is 276 g/mol. The summed E-state index contributed by atoms with van der Waals surface area (Å²) in [6, 6.07) is 7.85. The van der Waals surface area contributed by atoms with Crippen LogP contribution in [0.3, 0.4) is 0 Å². The van der Waals surface area contributed by atoms with Crippen molar-refractivity contribution < 1.29 is 9.53 Å². The predicted molar refractivity (Wildman–Crippen MR) is 77.6 cm³/mol. The number of carbonyl (C=O) groups is 1. The summed E-state index contributed by atoms with van der Waals surface area (Å²) in [6.45, 7) is 2.07. The molecule has 1 amide bonds. The SMILES string of the molecule is CCc1cc2cc(OC)ccc2nc1SCC(N)=O. The van der Waals surface area contributed by atoms with Gasteiger partial charge in [-0.3, -0.25) is 4.79 Å². The molecule has 5 heteroatoms. The van der Waals surface area contributed by atoms with E-state index >= 15 is 0 Å². The number of benzene rings is 1. The molecule has 0 spiro atoms. The molecule has 2 aromatic rings. The maximum absolute atomic E-state index is 10.9. The number of hydrogen-bond acceptors (Lipinski definition) is 4. The van der Waals surface area contributed by atoms with E-state index in [-0.39, 0.29) is 11.7 Å². The highest BCUT2D eigenvalue weighted by Crippen LogP contribution is 2.27. The minimum Gasteiger partial charge on any atom is -0.497 e. The average molecular weight is 276 g/mol. The fourth-order valence-electron chi connectivity index (χ4n) is 1.83. The number of thioether (sulfide) groups is 1. The zero-order chi connectivity index (χ0) is 13.8. The Morgan fingerprint density at radius 3 is 2.84 bits per heavy atom. The van der Waals surface area contributed by atoms with Crippen LogP contribution in [0.15, 0.2) is 29.3 Å². The van der Waals surface area contributed by atoms with Crippen LogP contribution in [0.1, 0.15) is 12.5 Å². The Morgan fingerprint density at radius 1 is 1.42 bits per heavy atom. The first-order chi connectivity index (χ1) is 9.13. The van der Waals surface area contributed by atoms with E-state index in [0.717, 1.165) is 33.7 Å². The number of amides is 1. The fourth-order valence-corrected chi connectivity index (χ4v) is 2.66. The number of nitrogens with two attached hydrogens (primary N) is 1. The third-order valence-electron chi connectivity index (χ3n) is 2.79. The quantitative estimate of drug-likeness (QED) is 0.852. The van der Waals surface area contributed by atoms with E-state index in [0.29, 0.717) is 0 Å². The van der Waals surface area contributed by atoms with Crippen LogP contribution in [0.25, 0.3) is 10.9 Å². The fraction of sp³-hybridized carbons (Fsp3) is 0.286.